The van der Waals surface area contributed by atoms with Gasteiger partial charge in [-0.3, -0.25) is 9.59 Å². The normalized spacial score (nSPS) is 23.6. The Balaban J connectivity index is 1.82. The van der Waals surface area contributed by atoms with E-state index in [0.717, 1.165) is 0 Å². The summed E-state index contributed by atoms with van der Waals surface area (Å²) in [6.07, 6.45) is -5.82. The minimum absolute atomic E-state index is 0.0268. The van der Waals surface area contributed by atoms with Crippen molar-refractivity contribution < 1.29 is 54.1 Å². The van der Waals surface area contributed by atoms with Crippen molar-refractivity contribution in [3.8, 4) is 11.5 Å². The van der Waals surface area contributed by atoms with Gasteiger partial charge in [0.15, 0.2) is 18.5 Å². The third kappa shape index (κ3) is 8.27. The van der Waals surface area contributed by atoms with Crippen LogP contribution in [0.2, 0.25) is 0 Å². The fourth-order valence-electron chi connectivity index (χ4n) is 3.81. The molecule has 38 heavy (non-hydrogen) atoms. The maximum absolute atomic E-state index is 12.8. The van der Waals surface area contributed by atoms with Crippen molar-refractivity contribution in [2.24, 2.45) is 0 Å². The first kappa shape index (κ1) is 29.1. The number of hydrogen-bond donors (Lipinski definition) is 5. The van der Waals surface area contributed by atoms with Crippen LogP contribution in [-0.4, -0.2) is 88.0 Å². The number of phenolic OH excluding ortho intramolecular Hbond substituents is 2. The summed E-state index contributed by atoms with van der Waals surface area (Å²) in [5.74, 6) is -1.44. The van der Waals surface area contributed by atoms with Gasteiger partial charge in [0.05, 0.1) is 32.7 Å². The van der Waals surface area contributed by atoms with Crippen LogP contribution < -0.4 is 0 Å². The Morgan fingerprint density at radius 3 is 1.84 bits per heavy atom. The smallest absolute Gasteiger partial charge is 0.310 e. The van der Waals surface area contributed by atoms with Crippen LogP contribution in [0.4, 0.5) is 0 Å². The van der Waals surface area contributed by atoms with Gasteiger partial charge in [0.2, 0.25) is 0 Å². The van der Waals surface area contributed by atoms with Crippen molar-refractivity contribution in [1.29, 1.82) is 0 Å². The average Bonchev–Trinajstić information content (AvgIpc) is 2.88. The lowest BCUT2D eigenvalue weighted by molar-refractivity contribution is -0.304. The second-order valence-electron chi connectivity index (χ2n) is 8.86. The molecule has 0 saturated carbocycles. The topological polar surface area (TPSA) is 172 Å². The Labute approximate surface area is 219 Å². The number of aliphatic hydroxyl groups is 3. The van der Waals surface area contributed by atoms with Crippen molar-refractivity contribution >= 4 is 11.9 Å². The molecule has 11 heteroatoms. The number of benzene rings is 2. The highest BCUT2D eigenvalue weighted by Gasteiger charge is 2.50. The third-order valence-corrected chi connectivity index (χ3v) is 5.82. The molecule has 0 bridgehead atoms. The Bertz CT molecular complexity index is 1080. The minimum Gasteiger partial charge on any atom is -0.508 e. The van der Waals surface area contributed by atoms with E-state index in [1.165, 1.54) is 54.6 Å². The minimum atomic E-state index is -1.55. The number of rotatable bonds is 11. The number of aliphatic hydroxyl groups excluding tert-OH is 3. The van der Waals surface area contributed by atoms with E-state index >= 15 is 0 Å². The number of aromatic hydroxyl groups is 2. The van der Waals surface area contributed by atoms with Gasteiger partial charge < -0.3 is 44.5 Å². The monoisotopic (exact) mass is 532 g/mol. The molecule has 2 aromatic carbocycles. The van der Waals surface area contributed by atoms with Crippen LogP contribution in [0.25, 0.3) is 0 Å². The summed E-state index contributed by atoms with van der Waals surface area (Å²) in [7, 11) is 0. The summed E-state index contributed by atoms with van der Waals surface area (Å²) in [6, 6.07) is 11.8. The van der Waals surface area contributed by atoms with Crippen molar-refractivity contribution in [1.82, 2.24) is 0 Å². The molecule has 0 radical (unpaired) electrons. The van der Waals surface area contributed by atoms with Gasteiger partial charge in [-0.15, -0.1) is 0 Å². The highest BCUT2D eigenvalue weighted by molar-refractivity contribution is 5.74. The molecule has 0 spiro atoms. The van der Waals surface area contributed by atoms with Crippen LogP contribution >= 0.6 is 0 Å². The van der Waals surface area contributed by atoms with E-state index in [-0.39, 0.29) is 37.6 Å². The number of esters is 2. The second-order valence-corrected chi connectivity index (χ2v) is 8.86. The molecule has 1 aliphatic heterocycles. The van der Waals surface area contributed by atoms with Gasteiger partial charge in [-0.1, -0.05) is 30.3 Å². The van der Waals surface area contributed by atoms with Crippen LogP contribution in [0.15, 0.2) is 60.2 Å². The molecular formula is C27H32O11. The summed E-state index contributed by atoms with van der Waals surface area (Å²) in [6.45, 7) is 0.798. The van der Waals surface area contributed by atoms with Gasteiger partial charge in [-0.05, 0) is 47.9 Å². The largest absolute Gasteiger partial charge is 0.508 e. The Morgan fingerprint density at radius 2 is 1.37 bits per heavy atom. The van der Waals surface area contributed by atoms with Gasteiger partial charge in [0.25, 0.3) is 0 Å². The maximum Gasteiger partial charge on any atom is 0.310 e. The lowest BCUT2D eigenvalue weighted by Crippen LogP contribution is -2.62. The third-order valence-electron chi connectivity index (χ3n) is 5.82. The fraction of sp³-hybridized carbons (Fsp3) is 0.407. The van der Waals surface area contributed by atoms with Gasteiger partial charge in [0, 0.05) is 0 Å². The lowest BCUT2D eigenvalue weighted by Gasteiger charge is -2.42. The Hall–Kier alpha value is -3.48. The highest BCUT2D eigenvalue weighted by atomic mass is 16.7. The summed E-state index contributed by atoms with van der Waals surface area (Å²) in [4.78, 5) is 25.6. The molecule has 1 saturated heterocycles. The summed E-state index contributed by atoms with van der Waals surface area (Å²) >= 11 is 0. The predicted molar refractivity (Wildman–Crippen MR) is 132 cm³/mol. The molecule has 11 nitrogen and oxygen atoms in total. The maximum atomic E-state index is 12.8. The molecule has 5 atom stereocenters. The van der Waals surface area contributed by atoms with E-state index in [2.05, 4.69) is 0 Å². The van der Waals surface area contributed by atoms with Gasteiger partial charge >= 0.3 is 11.9 Å². The van der Waals surface area contributed by atoms with Crippen LogP contribution in [0.1, 0.15) is 18.1 Å². The highest BCUT2D eigenvalue weighted by Crippen LogP contribution is 2.28. The summed E-state index contributed by atoms with van der Waals surface area (Å²) in [5, 5.41) is 48.6. The molecule has 3 rings (SSSR count). The second kappa shape index (κ2) is 13.9. The average molecular weight is 533 g/mol. The predicted octanol–water partition coefficient (Wildman–Crippen LogP) is 0.740. The van der Waals surface area contributed by atoms with E-state index in [0.29, 0.717) is 16.7 Å². The molecule has 0 amide bonds. The summed E-state index contributed by atoms with van der Waals surface area (Å²) < 4.78 is 22.6. The first-order valence-electron chi connectivity index (χ1n) is 12.0. The molecule has 0 aliphatic carbocycles. The zero-order valence-electron chi connectivity index (χ0n) is 20.8. The van der Waals surface area contributed by atoms with Crippen molar-refractivity contribution in [2.45, 2.75) is 50.5 Å². The van der Waals surface area contributed by atoms with Gasteiger partial charge in [-0.25, -0.2) is 0 Å². The van der Waals surface area contributed by atoms with E-state index in [1.807, 2.05) is 0 Å². The molecule has 1 fully saturated rings. The quantitative estimate of drug-likeness (QED) is 0.204. The summed E-state index contributed by atoms with van der Waals surface area (Å²) in [5.41, 5.74) is 1.71. The first-order valence-corrected chi connectivity index (χ1v) is 12.0. The molecule has 206 valence electrons. The number of hydrogen-bond acceptors (Lipinski definition) is 11. The number of ether oxygens (including phenoxy) is 4. The molecule has 2 aromatic rings. The number of carbonyl (C=O) groups excluding carboxylic acids is 2. The SMILES string of the molecule is C/C(=C\CO)CO[C@@H]1O[C@H](CO)[C@@H](O)[C@H](OC(=O)Cc2ccc(O)cc2)[C@H]1OC(=O)Cc1ccc(O)cc1. The number of carbonyl (C=O) groups is 2. The van der Waals surface area contributed by atoms with Crippen molar-refractivity contribution in [3.63, 3.8) is 0 Å². The first-order chi connectivity index (χ1) is 18.2. The van der Waals surface area contributed by atoms with Crippen LogP contribution in [0.3, 0.4) is 0 Å². The molecular weight excluding hydrogens is 500 g/mol. The van der Waals surface area contributed by atoms with Crippen molar-refractivity contribution in [2.75, 3.05) is 19.8 Å². The molecule has 0 aromatic heterocycles. The zero-order valence-corrected chi connectivity index (χ0v) is 20.8. The van der Waals surface area contributed by atoms with E-state index in [1.54, 1.807) is 6.92 Å². The Kier molecular flexibility index (Phi) is 10.6. The fourth-order valence-corrected chi connectivity index (χ4v) is 3.81. The van der Waals surface area contributed by atoms with Crippen LogP contribution in [0.5, 0.6) is 11.5 Å². The molecule has 5 N–H and O–H groups in total. The standard InChI is InChI=1S/C27H32O11/c1-16(10-11-28)15-35-27-26(38-23(33)13-18-4-8-20(31)9-5-18)25(24(34)21(14-29)36-27)37-22(32)12-17-2-6-19(30)7-3-17/h2-10,21,24-31,34H,11-15H2,1H3/b16-10+/t21-,24-,25+,26-,27-/m1/s1. The van der Waals surface area contributed by atoms with E-state index in [4.69, 9.17) is 24.1 Å². The number of phenols is 2. The van der Waals surface area contributed by atoms with Crippen molar-refractivity contribution in [3.05, 3.63) is 71.3 Å². The van der Waals surface area contributed by atoms with Crippen LogP contribution in [0, 0.1) is 0 Å². The van der Waals surface area contributed by atoms with E-state index in [9.17, 15) is 30.0 Å². The van der Waals surface area contributed by atoms with Gasteiger partial charge in [-0.2, -0.15) is 0 Å². The van der Waals surface area contributed by atoms with Crippen LogP contribution in [-0.2, 0) is 41.4 Å². The molecule has 1 aliphatic rings. The molecule has 0 unspecified atom stereocenters. The zero-order chi connectivity index (χ0) is 27.7. The lowest BCUT2D eigenvalue weighted by atomic mass is 9.98. The Morgan fingerprint density at radius 1 is 0.868 bits per heavy atom. The van der Waals surface area contributed by atoms with E-state index < -0.39 is 49.3 Å². The van der Waals surface area contributed by atoms with Gasteiger partial charge in [0.1, 0.15) is 23.7 Å². The molecule has 1 heterocycles.